The van der Waals surface area contributed by atoms with E-state index in [0.29, 0.717) is 10.9 Å². The van der Waals surface area contributed by atoms with E-state index in [1.54, 1.807) is 24.3 Å². The first-order valence-electron chi connectivity index (χ1n) is 3.75. The van der Waals surface area contributed by atoms with Crippen molar-refractivity contribution in [1.29, 1.82) is 0 Å². The van der Waals surface area contributed by atoms with E-state index in [0.717, 1.165) is 0 Å². The smallest absolute Gasteiger partial charge is 0.358 e. The van der Waals surface area contributed by atoms with Crippen LogP contribution in [0.3, 0.4) is 0 Å². The minimum Gasteiger partial charge on any atom is -0.358 e. The molecule has 2 rings (SSSR count). The summed E-state index contributed by atoms with van der Waals surface area (Å²) >= 11 is 5.79. The average Bonchev–Trinajstić information content (AvgIpc) is 2.18. The van der Waals surface area contributed by atoms with Crippen LogP contribution in [0.4, 0.5) is 5.82 Å². The molecule has 0 radical (unpaired) electrons. The Balaban J connectivity index is 2.81. The zero-order valence-electron chi connectivity index (χ0n) is 6.85. The van der Waals surface area contributed by atoms with Gasteiger partial charge >= 0.3 is 5.82 Å². The summed E-state index contributed by atoms with van der Waals surface area (Å²) in [6.07, 6.45) is 0. The maximum Gasteiger partial charge on any atom is 0.410 e. The third kappa shape index (κ3) is 1.27. The van der Waals surface area contributed by atoms with E-state index < -0.39 is 10.7 Å². The highest BCUT2D eigenvalue weighted by Crippen LogP contribution is 2.28. The SMILES string of the molecule is O=[N+]([O-])c1nnc2ccccc2c1Cl. The van der Waals surface area contributed by atoms with Crippen molar-refractivity contribution in [2.45, 2.75) is 0 Å². The van der Waals surface area contributed by atoms with Gasteiger partial charge in [-0.15, -0.1) is 0 Å². The highest BCUT2D eigenvalue weighted by atomic mass is 35.5. The van der Waals surface area contributed by atoms with Gasteiger partial charge in [0.25, 0.3) is 0 Å². The van der Waals surface area contributed by atoms with Crippen molar-refractivity contribution in [1.82, 2.24) is 10.2 Å². The van der Waals surface area contributed by atoms with Crippen molar-refractivity contribution in [2.24, 2.45) is 0 Å². The highest BCUT2D eigenvalue weighted by Gasteiger charge is 2.18. The first-order valence-corrected chi connectivity index (χ1v) is 4.13. The van der Waals surface area contributed by atoms with Crippen LogP contribution in [0.2, 0.25) is 5.02 Å². The summed E-state index contributed by atoms with van der Waals surface area (Å²) in [5.41, 5.74) is 0.545. The summed E-state index contributed by atoms with van der Waals surface area (Å²) in [7, 11) is 0. The van der Waals surface area contributed by atoms with Crippen LogP contribution in [-0.2, 0) is 0 Å². The second-order valence-corrected chi connectivity index (χ2v) is 2.99. The van der Waals surface area contributed by atoms with Crippen LogP contribution in [0.1, 0.15) is 0 Å². The summed E-state index contributed by atoms with van der Waals surface area (Å²) in [5, 5.41) is 18.2. The zero-order chi connectivity index (χ0) is 10.1. The lowest BCUT2D eigenvalue weighted by molar-refractivity contribution is -0.389. The fourth-order valence-electron chi connectivity index (χ4n) is 1.13. The molecule has 0 spiro atoms. The molecule has 1 aromatic heterocycles. The minimum absolute atomic E-state index is 0.0283. The van der Waals surface area contributed by atoms with Gasteiger partial charge in [0, 0.05) is 5.39 Å². The van der Waals surface area contributed by atoms with Gasteiger partial charge < -0.3 is 10.1 Å². The standard InChI is InChI=1S/C8H4ClN3O2/c9-7-5-3-1-2-4-6(5)10-11-8(7)12(13)14/h1-4H. The van der Waals surface area contributed by atoms with Crippen molar-refractivity contribution in [3.63, 3.8) is 0 Å². The molecule has 6 heteroatoms. The summed E-state index contributed by atoms with van der Waals surface area (Å²) in [6.45, 7) is 0. The van der Waals surface area contributed by atoms with Crippen molar-refractivity contribution in [3.05, 3.63) is 39.4 Å². The van der Waals surface area contributed by atoms with Gasteiger partial charge in [-0.3, -0.25) is 0 Å². The maximum absolute atomic E-state index is 10.5. The van der Waals surface area contributed by atoms with E-state index in [9.17, 15) is 10.1 Å². The highest BCUT2D eigenvalue weighted by molar-refractivity contribution is 6.37. The van der Waals surface area contributed by atoms with Gasteiger partial charge in [-0.05, 0) is 16.1 Å². The number of nitrogens with zero attached hydrogens (tertiary/aromatic N) is 3. The first kappa shape index (κ1) is 8.83. The number of rotatable bonds is 1. The van der Waals surface area contributed by atoms with Crippen molar-refractivity contribution in [2.75, 3.05) is 0 Å². The molecule has 2 aromatic rings. The summed E-state index contributed by atoms with van der Waals surface area (Å²) in [6, 6.07) is 6.86. The fraction of sp³-hybridized carbons (Fsp3) is 0. The Morgan fingerprint density at radius 2 is 2.00 bits per heavy atom. The van der Waals surface area contributed by atoms with E-state index in [-0.39, 0.29) is 5.02 Å². The number of benzene rings is 1. The van der Waals surface area contributed by atoms with Gasteiger partial charge in [0.15, 0.2) is 5.02 Å². The normalized spacial score (nSPS) is 10.4. The number of nitro groups is 1. The predicted octanol–water partition coefficient (Wildman–Crippen LogP) is 2.19. The molecule has 0 aliphatic carbocycles. The molecule has 0 N–H and O–H groups in total. The molecule has 5 nitrogen and oxygen atoms in total. The van der Waals surface area contributed by atoms with Gasteiger partial charge in [-0.2, -0.15) is 0 Å². The van der Waals surface area contributed by atoms with Crippen molar-refractivity contribution < 1.29 is 4.92 Å². The molecule has 0 unspecified atom stereocenters. The van der Waals surface area contributed by atoms with Gasteiger partial charge in [0.2, 0.25) is 0 Å². The lowest BCUT2D eigenvalue weighted by atomic mass is 10.2. The monoisotopic (exact) mass is 209 g/mol. The molecule has 1 heterocycles. The van der Waals surface area contributed by atoms with Gasteiger partial charge in [-0.1, -0.05) is 29.8 Å². The lowest BCUT2D eigenvalue weighted by Gasteiger charge is -1.97. The molecule has 0 aliphatic rings. The second kappa shape index (κ2) is 3.19. The Hall–Kier alpha value is -1.75. The van der Waals surface area contributed by atoms with E-state index in [1.165, 1.54) is 0 Å². The third-order valence-corrected chi connectivity index (χ3v) is 2.13. The molecule has 0 fully saturated rings. The van der Waals surface area contributed by atoms with Crippen molar-refractivity contribution in [3.8, 4) is 0 Å². The molecule has 0 saturated carbocycles. The average molecular weight is 210 g/mol. The minimum atomic E-state index is -0.651. The molecule has 1 aromatic carbocycles. The molecule has 0 saturated heterocycles. The van der Waals surface area contributed by atoms with E-state index in [2.05, 4.69) is 10.2 Å². The van der Waals surface area contributed by atoms with Crippen LogP contribution in [-0.4, -0.2) is 15.1 Å². The molecular formula is C8H4ClN3O2. The Morgan fingerprint density at radius 1 is 1.29 bits per heavy atom. The fourth-order valence-corrected chi connectivity index (χ4v) is 1.40. The summed E-state index contributed by atoms with van der Waals surface area (Å²) in [4.78, 5) is 9.83. The van der Waals surface area contributed by atoms with Crippen LogP contribution in [0.25, 0.3) is 10.9 Å². The Labute approximate surface area is 83.5 Å². The first-order chi connectivity index (χ1) is 6.70. The number of hydrogen-bond donors (Lipinski definition) is 0. The van der Waals surface area contributed by atoms with Crippen LogP contribution in [0.15, 0.2) is 24.3 Å². The maximum atomic E-state index is 10.5. The number of halogens is 1. The van der Waals surface area contributed by atoms with E-state index >= 15 is 0 Å². The van der Waals surface area contributed by atoms with Crippen LogP contribution in [0, 0.1) is 10.1 Å². The van der Waals surface area contributed by atoms with Gasteiger partial charge in [0.1, 0.15) is 5.52 Å². The quantitative estimate of drug-likeness (QED) is 0.533. The molecule has 0 atom stereocenters. The third-order valence-electron chi connectivity index (χ3n) is 1.76. The second-order valence-electron chi connectivity index (χ2n) is 2.61. The van der Waals surface area contributed by atoms with E-state index in [4.69, 9.17) is 11.6 Å². The van der Waals surface area contributed by atoms with Gasteiger partial charge in [0.05, 0.1) is 5.10 Å². The van der Waals surface area contributed by atoms with Crippen LogP contribution >= 0.6 is 11.6 Å². The number of fused-ring (bicyclic) bond motifs is 1. The number of hydrogen-bond acceptors (Lipinski definition) is 4. The van der Waals surface area contributed by atoms with Crippen LogP contribution in [0.5, 0.6) is 0 Å². The molecular weight excluding hydrogens is 206 g/mol. The molecule has 70 valence electrons. The lowest BCUT2D eigenvalue weighted by Crippen LogP contribution is -1.96. The van der Waals surface area contributed by atoms with Gasteiger partial charge in [-0.25, -0.2) is 0 Å². The Bertz CT molecular complexity index is 515. The molecule has 14 heavy (non-hydrogen) atoms. The number of aromatic nitrogens is 2. The van der Waals surface area contributed by atoms with Crippen LogP contribution < -0.4 is 0 Å². The molecule has 0 aliphatic heterocycles. The summed E-state index contributed by atoms with van der Waals surface area (Å²) in [5.74, 6) is -0.412. The van der Waals surface area contributed by atoms with E-state index in [1.807, 2.05) is 0 Å². The van der Waals surface area contributed by atoms with Crippen molar-refractivity contribution >= 4 is 28.3 Å². The Morgan fingerprint density at radius 3 is 2.71 bits per heavy atom. The largest absolute Gasteiger partial charge is 0.410 e. The topological polar surface area (TPSA) is 68.9 Å². The summed E-state index contributed by atoms with van der Waals surface area (Å²) < 4.78 is 0. The zero-order valence-corrected chi connectivity index (χ0v) is 7.60. The molecule has 0 bridgehead atoms. The Kier molecular flexibility index (Phi) is 2.01. The predicted molar refractivity (Wildman–Crippen MR) is 51.2 cm³/mol. The molecule has 0 amide bonds.